The molecule has 8 heteroatoms. The Balaban J connectivity index is 1.72. The van der Waals surface area contributed by atoms with Gasteiger partial charge in [0, 0.05) is 19.5 Å². The predicted octanol–water partition coefficient (Wildman–Crippen LogP) is 2.83. The molecule has 2 heterocycles. The number of aromatic amines is 1. The first kappa shape index (κ1) is 21.3. The molecule has 0 saturated carbocycles. The van der Waals surface area contributed by atoms with Gasteiger partial charge in [0.1, 0.15) is 11.3 Å². The van der Waals surface area contributed by atoms with E-state index in [1.807, 2.05) is 37.3 Å². The van der Waals surface area contributed by atoms with E-state index in [4.69, 9.17) is 5.11 Å². The highest BCUT2D eigenvalue weighted by Gasteiger charge is 2.17. The number of aromatic carboxylic acids is 1. The average molecular weight is 432 g/mol. The van der Waals surface area contributed by atoms with Crippen molar-refractivity contribution in [2.75, 3.05) is 0 Å². The molecule has 0 aliphatic carbocycles. The van der Waals surface area contributed by atoms with E-state index in [2.05, 4.69) is 9.97 Å². The van der Waals surface area contributed by atoms with Crippen LogP contribution in [0.2, 0.25) is 0 Å². The second-order valence-electron chi connectivity index (χ2n) is 7.69. The molecule has 0 fully saturated rings. The van der Waals surface area contributed by atoms with Gasteiger partial charge in [0.15, 0.2) is 5.65 Å². The number of carboxylic acid groups (broad SMARTS) is 1. The third-order valence-corrected chi connectivity index (χ3v) is 5.40. The van der Waals surface area contributed by atoms with Crippen molar-refractivity contribution in [2.24, 2.45) is 0 Å². The lowest BCUT2D eigenvalue weighted by Gasteiger charge is -2.11. The summed E-state index contributed by atoms with van der Waals surface area (Å²) >= 11 is 0. The number of hydrogen-bond acceptors (Lipinski definition) is 4. The van der Waals surface area contributed by atoms with Crippen LogP contribution in [0.1, 0.15) is 40.7 Å². The van der Waals surface area contributed by atoms with Gasteiger partial charge < -0.3 is 10.1 Å². The summed E-state index contributed by atoms with van der Waals surface area (Å²) in [4.78, 5) is 44.9. The summed E-state index contributed by atoms with van der Waals surface area (Å²) in [6, 6.07) is 16.3. The van der Waals surface area contributed by atoms with Crippen LogP contribution in [-0.4, -0.2) is 30.2 Å². The molecule has 2 aromatic carbocycles. The molecule has 0 amide bonds. The van der Waals surface area contributed by atoms with Crippen LogP contribution in [-0.2, 0) is 25.9 Å². The lowest BCUT2D eigenvalue weighted by Crippen LogP contribution is -2.40. The number of H-pyrrole nitrogens is 1. The molecule has 4 rings (SSSR count). The van der Waals surface area contributed by atoms with Crippen molar-refractivity contribution in [3.8, 4) is 0 Å². The molecule has 0 radical (unpaired) electrons. The van der Waals surface area contributed by atoms with Gasteiger partial charge in [-0.15, -0.1) is 0 Å². The van der Waals surface area contributed by atoms with Gasteiger partial charge in [0.2, 0.25) is 0 Å². The molecular weight excluding hydrogens is 408 g/mol. The van der Waals surface area contributed by atoms with E-state index in [-0.39, 0.29) is 16.8 Å². The van der Waals surface area contributed by atoms with Crippen LogP contribution in [0.3, 0.4) is 0 Å². The Labute approximate surface area is 183 Å². The molecule has 2 aromatic heterocycles. The summed E-state index contributed by atoms with van der Waals surface area (Å²) in [5.41, 5.74) is 2.08. The zero-order valence-electron chi connectivity index (χ0n) is 17.7. The van der Waals surface area contributed by atoms with Gasteiger partial charge in [-0.2, -0.15) is 0 Å². The number of imidazole rings is 1. The van der Waals surface area contributed by atoms with Crippen molar-refractivity contribution in [1.29, 1.82) is 0 Å². The van der Waals surface area contributed by atoms with E-state index in [0.717, 1.165) is 11.1 Å². The number of nitrogens with one attached hydrogen (secondary N) is 1. The van der Waals surface area contributed by atoms with E-state index in [1.165, 1.54) is 9.13 Å². The third kappa shape index (κ3) is 4.25. The Bertz CT molecular complexity index is 1370. The fourth-order valence-electron chi connectivity index (χ4n) is 3.76. The number of hydrogen-bond donors (Lipinski definition) is 2. The Morgan fingerprint density at radius 3 is 2.34 bits per heavy atom. The van der Waals surface area contributed by atoms with Gasteiger partial charge in [-0.25, -0.2) is 14.6 Å². The molecule has 2 N–H and O–H groups in total. The van der Waals surface area contributed by atoms with Crippen LogP contribution in [0.15, 0.2) is 64.2 Å². The predicted molar refractivity (Wildman–Crippen MR) is 121 cm³/mol. The van der Waals surface area contributed by atoms with Gasteiger partial charge in [-0.3, -0.25) is 13.9 Å². The number of fused-ring (bicyclic) bond motifs is 1. The molecule has 32 heavy (non-hydrogen) atoms. The molecule has 0 aliphatic heterocycles. The van der Waals surface area contributed by atoms with Crippen molar-refractivity contribution in [1.82, 2.24) is 19.1 Å². The van der Waals surface area contributed by atoms with Crippen molar-refractivity contribution in [3.63, 3.8) is 0 Å². The monoisotopic (exact) mass is 432 g/mol. The molecule has 8 nitrogen and oxygen atoms in total. The average Bonchev–Trinajstić information content (AvgIpc) is 3.21. The van der Waals surface area contributed by atoms with Crippen molar-refractivity contribution >= 4 is 17.1 Å². The zero-order valence-corrected chi connectivity index (χ0v) is 17.7. The zero-order chi connectivity index (χ0) is 22.7. The third-order valence-electron chi connectivity index (χ3n) is 5.40. The molecule has 4 aromatic rings. The minimum Gasteiger partial charge on any atom is -0.478 e. The highest BCUT2D eigenvalue weighted by atomic mass is 16.4. The maximum atomic E-state index is 13.1. The summed E-state index contributed by atoms with van der Waals surface area (Å²) in [6.07, 6.45) is 1.68. The molecule has 164 valence electrons. The second-order valence-corrected chi connectivity index (χ2v) is 7.69. The lowest BCUT2D eigenvalue weighted by molar-refractivity contribution is 0.0697. The van der Waals surface area contributed by atoms with Crippen molar-refractivity contribution in [3.05, 3.63) is 98.0 Å². The number of aryl methyl sites for hydroxylation is 2. The topological polar surface area (TPSA) is 110 Å². The maximum absolute atomic E-state index is 13.1. The summed E-state index contributed by atoms with van der Waals surface area (Å²) in [5, 5.41) is 9.06. The highest BCUT2D eigenvalue weighted by molar-refractivity contribution is 5.87. The summed E-state index contributed by atoms with van der Waals surface area (Å²) in [6.45, 7) is 2.56. The van der Waals surface area contributed by atoms with E-state index in [9.17, 15) is 14.4 Å². The van der Waals surface area contributed by atoms with Crippen LogP contribution in [0.4, 0.5) is 0 Å². The Morgan fingerprint density at radius 2 is 1.69 bits per heavy atom. The van der Waals surface area contributed by atoms with Crippen molar-refractivity contribution in [2.45, 2.75) is 39.3 Å². The SMILES string of the molecule is CCCn1c(=O)c2[nH]c(Cc3ccccc3)nc2n(CCc2ccc(C(=O)O)cc2)c1=O. The van der Waals surface area contributed by atoms with Gasteiger partial charge in [0.25, 0.3) is 5.56 Å². The van der Waals surface area contributed by atoms with Gasteiger partial charge in [-0.05, 0) is 36.1 Å². The molecule has 0 unspecified atom stereocenters. The van der Waals surface area contributed by atoms with Gasteiger partial charge in [-0.1, -0.05) is 49.4 Å². The van der Waals surface area contributed by atoms with Gasteiger partial charge >= 0.3 is 11.7 Å². The van der Waals surface area contributed by atoms with Crippen LogP contribution < -0.4 is 11.2 Å². The first-order valence-electron chi connectivity index (χ1n) is 10.6. The number of rotatable bonds is 8. The number of aromatic nitrogens is 4. The Morgan fingerprint density at radius 1 is 0.969 bits per heavy atom. The minimum atomic E-state index is -0.983. The first-order chi connectivity index (χ1) is 15.5. The lowest BCUT2D eigenvalue weighted by atomic mass is 10.1. The number of benzene rings is 2. The van der Waals surface area contributed by atoms with E-state index in [0.29, 0.717) is 49.3 Å². The van der Waals surface area contributed by atoms with Crippen LogP contribution >= 0.6 is 0 Å². The molecule has 0 atom stereocenters. The molecule has 0 bridgehead atoms. The molecular formula is C24H24N4O4. The fraction of sp³-hybridized carbons (Fsp3) is 0.250. The molecule has 0 saturated heterocycles. The maximum Gasteiger partial charge on any atom is 0.335 e. The smallest absolute Gasteiger partial charge is 0.335 e. The highest BCUT2D eigenvalue weighted by Crippen LogP contribution is 2.12. The van der Waals surface area contributed by atoms with E-state index < -0.39 is 5.97 Å². The van der Waals surface area contributed by atoms with Crippen LogP contribution in [0.25, 0.3) is 11.2 Å². The van der Waals surface area contributed by atoms with Gasteiger partial charge in [0.05, 0.1) is 5.56 Å². The fourth-order valence-corrected chi connectivity index (χ4v) is 3.76. The Hall–Kier alpha value is -3.94. The molecule has 0 aliphatic rings. The van der Waals surface area contributed by atoms with Crippen molar-refractivity contribution < 1.29 is 9.90 Å². The summed E-state index contributed by atoms with van der Waals surface area (Å²) < 4.78 is 2.78. The number of carbonyl (C=O) groups is 1. The van der Waals surface area contributed by atoms with Crippen LogP contribution in [0, 0.1) is 0 Å². The van der Waals surface area contributed by atoms with Crippen LogP contribution in [0.5, 0.6) is 0 Å². The first-order valence-corrected chi connectivity index (χ1v) is 10.6. The minimum absolute atomic E-state index is 0.211. The van der Waals surface area contributed by atoms with E-state index >= 15 is 0 Å². The second kappa shape index (κ2) is 9.05. The quantitative estimate of drug-likeness (QED) is 0.445. The molecule has 0 spiro atoms. The number of carboxylic acids is 1. The normalized spacial score (nSPS) is 11.2. The largest absolute Gasteiger partial charge is 0.478 e. The standard InChI is InChI=1S/C24H24N4O4/c1-2-13-28-22(29)20-21(26-19(25-20)15-17-6-4-3-5-7-17)27(24(28)32)14-12-16-8-10-18(11-9-16)23(30)31/h3-11H,2,12-15H2,1H3,(H,25,26)(H,30,31). The summed E-state index contributed by atoms with van der Waals surface area (Å²) in [7, 11) is 0. The van der Waals surface area contributed by atoms with E-state index in [1.54, 1.807) is 24.3 Å². The summed E-state index contributed by atoms with van der Waals surface area (Å²) in [5.74, 6) is -0.361. The number of nitrogens with zero attached hydrogens (tertiary/aromatic N) is 3. The Kier molecular flexibility index (Phi) is 6.02.